The number of thiocarbonyl (C=S) groups is 1. The van der Waals surface area contributed by atoms with E-state index in [-0.39, 0.29) is 23.1 Å². The SMILES string of the molecule is COc1ccc(OCCS(=O)(=O)CC(N)=S)cc1. The maximum absolute atomic E-state index is 11.5. The molecule has 18 heavy (non-hydrogen) atoms. The van der Waals surface area contributed by atoms with Crippen LogP contribution in [-0.4, -0.2) is 38.6 Å². The van der Waals surface area contributed by atoms with Gasteiger partial charge in [0.2, 0.25) is 0 Å². The number of hydrogen-bond donors (Lipinski definition) is 1. The van der Waals surface area contributed by atoms with Gasteiger partial charge in [-0.3, -0.25) is 0 Å². The van der Waals surface area contributed by atoms with Crippen LogP contribution in [0.2, 0.25) is 0 Å². The van der Waals surface area contributed by atoms with E-state index in [2.05, 4.69) is 12.2 Å². The molecule has 0 aliphatic carbocycles. The molecule has 0 amide bonds. The van der Waals surface area contributed by atoms with Gasteiger partial charge in [-0.1, -0.05) is 12.2 Å². The molecule has 2 N–H and O–H groups in total. The molecule has 0 aliphatic rings. The molecule has 0 unspecified atom stereocenters. The van der Waals surface area contributed by atoms with E-state index in [4.69, 9.17) is 15.2 Å². The average molecular weight is 289 g/mol. The highest BCUT2D eigenvalue weighted by molar-refractivity contribution is 7.93. The minimum atomic E-state index is -3.28. The van der Waals surface area contributed by atoms with E-state index in [9.17, 15) is 8.42 Å². The normalized spacial score (nSPS) is 10.9. The van der Waals surface area contributed by atoms with Gasteiger partial charge in [0.1, 0.15) is 23.9 Å². The summed E-state index contributed by atoms with van der Waals surface area (Å²) in [7, 11) is -1.71. The molecule has 0 spiro atoms. The van der Waals surface area contributed by atoms with Gasteiger partial charge < -0.3 is 15.2 Å². The highest BCUT2D eigenvalue weighted by atomic mass is 32.2. The molecule has 0 saturated heterocycles. The fraction of sp³-hybridized carbons (Fsp3) is 0.364. The highest BCUT2D eigenvalue weighted by Crippen LogP contribution is 2.16. The number of rotatable bonds is 7. The molecule has 0 atom stereocenters. The second-order valence-corrected chi connectivity index (χ2v) is 6.29. The molecule has 1 rings (SSSR count). The maximum Gasteiger partial charge on any atom is 0.160 e. The predicted octanol–water partition coefficient (Wildman–Crippen LogP) is 0.775. The van der Waals surface area contributed by atoms with E-state index in [0.717, 1.165) is 0 Å². The first-order valence-electron chi connectivity index (χ1n) is 5.18. The van der Waals surface area contributed by atoms with E-state index >= 15 is 0 Å². The summed E-state index contributed by atoms with van der Waals surface area (Å²) in [5, 5.41) is 0. The monoisotopic (exact) mass is 289 g/mol. The summed E-state index contributed by atoms with van der Waals surface area (Å²) >= 11 is 4.56. The standard InChI is InChI=1S/C11H15NO4S2/c1-15-9-2-4-10(5-3-9)16-6-7-18(13,14)8-11(12)17/h2-5H,6-8H2,1H3,(H2,12,17). The number of benzene rings is 1. The zero-order valence-corrected chi connectivity index (χ0v) is 11.6. The molecule has 0 aliphatic heterocycles. The third-order valence-electron chi connectivity index (χ3n) is 2.08. The van der Waals surface area contributed by atoms with Crippen molar-refractivity contribution in [3.63, 3.8) is 0 Å². The van der Waals surface area contributed by atoms with Gasteiger partial charge in [0.15, 0.2) is 9.84 Å². The van der Waals surface area contributed by atoms with E-state index in [1.54, 1.807) is 31.4 Å². The molecule has 5 nitrogen and oxygen atoms in total. The minimum Gasteiger partial charge on any atom is -0.497 e. The summed E-state index contributed by atoms with van der Waals surface area (Å²) < 4.78 is 33.2. The molecular formula is C11H15NO4S2. The van der Waals surface area contributed by atoms with Crippen LogP contribution >= 0.6 is 12.2 Å². The van der Waals surface area contributed by atoms with Crippen molar-refractivity contribution in [3.8, 4) is 11.5 Å². The Morgan fingerprint density at radius 2 is 1.83 bits per heavy atom. The van der Waals surface area contributed by atoms with Crippen LogP contribution < -0.4 is 15.2 Å². The van der Waals surface area contributed by atoms with Gasteiger partial charge in [-0.25, -0.2) is 8.42 Å². The lowest BCUT2D eigenvalue weighted by Gasteiger charge is -2.07. The van der Waals surface area contributed by atoms with Crippen LogP contribution in [0, 0.1) is 0 Å². The van der Waals surface area contributed by atoms with Gasteiger partial charge in [0, 0.05) is 0 Å². The lowest BCUT2D eigenvalue weighted by Crippen LogP contribution is -2.25. The van der Waals surface area contributed by atoms with Gasteiger partial charge in [0.25, 0.3) is 0 Å². The Kier molecular flexibility index (Phi) is 5.36. The summed E-state index contributed by atoms with van der Waals surface area (Å²) in [6.07, 6.45) is 0. The van der Waals surface area contributed by atoms with E-state index < -0.39 is 9.84 Å². The first-order valence-corrected chi connectivity index (χ1v) is 7.41. The van der Waals surface area contributed by atoms with Gasteiger partial charge in [-0.2, -0.15) is 0 Å². The molecule has 0 saturated carbocycles. The Morgan fingerprint density at radius 1 is 1.28 bits per heavy atom. The van der Waals surface area contributed by atoms with Crippen LogP contribution in [0.3, 0.4) is 0 Å². The van der Waals surface area contributed by atoms with E-state index in [0.29, 0.717) is 11.5 Å². The second kappa shape index (κ2) is 6.55. The maximum atomic E-state index is 11.5. The zero-order chi connectivity index (χ0) is 13.6. The largest absolute Gasteiger partial charge is 0.497 e. The number of methoxy groups -OCH3 is 1. The van der Waals surface area contributed by atoms with Crippen LogP contribution in [0.4, 0.5) is 0 Å². The van der Waals surface area contributed by atoms with E-state index in [1.807, 2.05) is 0 Å². The van der Waals surface area contributed by atoms with Crippen LogP contribution in [0.25, 0.3) is 0 Å². The summed E-state index contributed by atoms with van der Waals surface area (Å²) in [6.45, 7) is 0.0667. The molecule has 100 valence electrons. The summed E-state index contributed by atoms with van der Waals surface area (Å²) in [5.74, 6) is 0.898. The first-order chi connectivity index (χ1) is 8.43. The fourth-order valence-corrected chi connectivity index (χ4v) is 2.70. The Morgan fingerprint density at radius 3 is 2.33 bits per heavy atom. The molecular weight excluding hydrogens is 274 g/mol. The number of hydrogen-bond acceptors (Lipinski definition) is 5. The van der Waals surface area contributed by atoms with Crippen molar-refractivity contribution < 1.29 is 17.9 Å². The number of ether oxygens (including phenoxy) is 2. The molecule has 1 aromatic carbocycles. The van der Waals surface area contributed by atoms with Crippen molar-refractivity contribution >= 4 is 27.0 Å². The summed E-state index contributed by atoms with van der Waals surface area (Å²) in [5.41, 5.74) is 5.19. The van der Waals surface area contributed by atoms with Crippen LogP contribution in [0.15, 0.2) is 24.3 Å². The molecule has 1 aromatic rings. The molecule has 7 heteroatoms. The van der Waals surface area contributed by atoms with Crippen molar-refractivity contribution in [1.29, 1.82) is 0 Å². The quantitative estimate of drug-likeness (QED) is 0.747. The van der Waals surface area contributed by atoms with Crippen molar-refractivity contribution in [2.75, 3.05) is 25.2 Å². The Balaban J connectivity index is 2.43. The van der Waals surface area contributed by atoms with Gasteiger partial charge in [-0.05, 0) is 24.3 Å². The molecule has 0 aromatic heterocycles. The summed E-state index contributed by atoms with van der Waals surface area (Å²) in [6, 6.07) is 6.88. The van der Waals surface area contributed by atoms with Crippen molar-refractivity contribution in [2.45, 2.75) is 0 Å². The molecule has 0 radical (unpaired) electrons. The van der Waals surface area contributed by atoms with Crippen LogP contribution in [0.5, 0.6) is 11.5 Å². The minimum absolute atomic E-state index is 0.0283. The van der Waals surface area contributed by atoms with Crippen molar-refractivity contribution in [2.24, 2.45) is 5.73 Å². The smallest absolute Gasteiger partial charge is 0.160 e. The van der Waals surface area contributed by atoms with Crippen molar-refractivity contribution in [1.82, 2.24) is 0 Å². The van der Waals surface area contributed by atoms with Gasteiger partial charge >= 0.3 is 0 Å². The van der Waals surface area contributed by atoms with Gasteiger partial charge in [-0.15, -0.1) is 0 Å². The highest BCUT2D eigenvalue weighted by Gasteiger charge is 2.12. The van der Waals surface area contributed by atoms with Crippen molar-refractivity contribution in [3.05, 3.63) is 24.3 Å². The average Bonchev–Trinajstić information content (AvgIpc) is 2.28. The third-order valence-corrected chi connectivity index (χ3v) is 3.95. The number of sulfone groups is 1. The van der Waals surface area contributed by atoms with Crippen LogP contribution in [-0.2, 0) is 9.84 Å². The lowest BCUT2D eigenvalue weighted by atomic mass is 10.3. The predicted molar refractivity (Wildman–Crippen MR) is 73.9 cm³/mol. The Hall–Kier alpha value is -1.34. The second-order valence-electron chi connectivity index (χ2n) is 3.58. The van der Waals surface area contributed by atoms with Gasteiger partial charge in [0.05, 0.1) is 17.9 Å². The topological polar surface area (TPSA) is 78.6 Å². The first kappa shape index (κ1) is 14.7. The number of nitrogens with two attached hydrogens (primary N) is 1. The van der Waals surface area contributed by atoms with Crippen LogP contribution in [0.1, 0.15) is 0 Å². The molecule has 0 bridgehead atoms. The fourth-order valence-electron chi connectivity index (χ4n) is 1.25. The Bertz CT molecular complexity index is 496. The summed E-state index contributed by atoms with van der Waals surface area (Å²) in [4.78, 5) is -0.0283. The lowest BCUT2D eigenvalue weighted by molar-refractivity contribution is 0.339. The molecule has 0 heterocycles. The zero-order valence-electron chi connectivity index (χ0n) is 9.96. The molecule has 0 fully saturated rings. The Labute approximate surface area is 112 Å². The van der Waals surface area contributed by atoms with E-state index in [1.165, 1.54) is 0 Å². The third kappa shape index (κ3) is 5.33.